The lowest BCUT2D eigenvalue weighted by molar-refractivity contribution is -0.161. The predicted molar refractivity (Wildman–Crippen MR) is 265 cm³/mol. The van der Waals surface area contributed by atoms with Gasteiger partial charge in [-0.05, 0) is 109 Å². The lowest BCUT2D eigenvalue weighted by Gasteiger charge is -2.19. The molecule has 0 bridgehead atoms. The number of rotatable bonds is 41. The zero-order chi connectivity index (χ0) is 46.0. The van der Waals surface area contributed by atoms with Gasteiger partial charge in [0.15, 0.2) is 6.10 Å². The highest BCUT2D eigenvalue weighted by molar-refractivity contribution is 7.47. The van der Waals surface area contributed by atoms with Crippen molar-refractivity contribution in [2.45, 2.75) is 148 Å². The van der Waals surface area contributed by atoms with Crippen LogP contribution in [-0.4, -0.2) is 49.3 Å². The van der Waals surface area contributed by atoms with Crippen molar-refractivity contribution in [2.75, 3.05) is 26.4 Å². The SMILES string of the molecule is CC/C=C\C/C=C\C/C=C\C/C=C\C/C=C\C/C=C\C/C=C\CCCC(=O)OC(COC(=O)CCCCC/C=C\C/C=C\C/C=C\C/C=C\C/C=C\CC)COP(=O)(O)OCCN. The van der Waals surface area contributed by atoms with Crippen LogP contribution in [-0.2, 0) is 32.7 Å². The molecule has 0 saturated heterocycles. The average Bonchev–Trinajstić information content (AvgIpc) is 3.27. The number of phosphoric acid groups is 1. The number of unbranched alkanes of at least 4 members (excludes halogenated alkanes) is 4. The molecule has 0 aromatic heterocycles. The number of allylic oxidation sites excluding steroid dienone is 24. The van der Waals surface area contributed by atoms with Gasteiger partial charge in [0.1, 0.15) is 6.61 Å². The topological polar surface area (TPSA) is 134 Å². The molecule has 0 rings (SSSR count). The maximum Gasteiger partial charge on any atom is 0.472 e. The van der Waals surface area contributed by atoms with Crippen molar-refractivity contribution in [3.05, 3.63) is 146 Å². The molecular formula is C53H82NO8P. The molecule has 2 atom stereocenters. The molecule has 0 aliphatic rings. The maximum absolute atomic E-state index is 12.6. The van der Waals surface area contributed by atoms with Crippen LogP contribution in [0.15, 0.2) is 146 Å². The zero-order valence-corrected chi connectivity index (χ0v) is 39.6. The molecule has 0 aromatic carbocycles. The minimum Gasteiger partial charge on any atom is -0.462 e. The van der Waals surface area contributed by atoms with Crippen LogP contribution in [0.4, 0.5) is 0 Å². The zero-order valence-electron chi connectivity index (χ0n) is 38.7. The van der Waals surface area contributed by atoms with E-state index in [2.05, 4.69) is 154 Å². The molecule has 9 nitrogen and oxygen atoms in total. The van der Waals surface area contributed by atoms with E-state index < -0.39 is 32.5 Å². The Kier molecular flexibility index (Phi) is 44.3. The molecule has 0 heterocycles. The fourth-order valence-electron chi connectivity index (χ4n) is 5.35. The smallest absolute Gasteiger partial charge is 0.462 e. The molecule has 0 aromatic rings. The van der Waals surface area contributed by atoms with E-state index in [9.17, 15) is 19.0 Å². The van der Waals surface area contributed by atoms with Crippen molar-refractivity contribution in [1.82, 2.24) is 0 Å². The molecular weight excluding hydrogens is 810 g/mol. The summed E-state index contributed by atoms with van der Waals surface area (Å²) in [6.07, 6.45) is 67.4. The first-order valence-electron chi connectivity index (χ1n) is 23.3. The van der Waals surface area contributed by atoms with Crippen LogP contribution in [0.2, 0.25) is 0 Å². The quantitative estimate of drug-likeness (QED) is 0.0266. The van der Waals surface area contributed by atoms with Crippen LogP contribution in [0.5, 0.6) is 0 Å². The lowest BCUT2D eigenvalue weighted by Crippen LogP contribution is -2.29. The Labute approximate surface area is 382 Å². The number of hydrogen-bond acceptors (Lipinski definition) is 8. The van der Waals surface area contributed by atoms with Crippen LogP contribution < -0.4 is 5.73 Å². The van der Waals surface area contributed by atoms with Crippen LogP contribution in [0, 0.1) is 0 Å². The third-order valence-electron chi connectivity index (χ3n) is 8.72. The standard InChI is InChI=1S/C53H82NO8P/c1-3-5-7-9-11-13-15-17-19-21-23-24-25-26-28-30-32-34-36-38-40-42-44-46-53(56)62-51(50-61-63(57,58)60-48-47-54)49-59-52(55)45-43-41-39-37-35-33-31-29-27-22-20-18-16-14-12-10-8-6-4-2/h5-8,11-14,17-20,23-24,26-29,32-35,38,40,51H,3-4,9-10,15-16,21-22,25,30-31,36-37,39,41-50,54H2,1-2H3,(H,57,58)/b7-5-,8-6-,13-11-,14-12-,19-17-,20-18-,24-23-,28-26-,29-27-,34-32-,35-33-,40-38-. The van der Waals surface area contributed by atoms with Crippen molar-refractivity contribution < 1.29 is 37.6 Å². The summed E-state index contributed by atoms with van der Waals surface area (Å²) in [6.45, 7) is 3.36. The summed E-state index contributed by atoms with van der Waals surface area (Å²) in [5.41, 5.74) is 5.35. The number of phosphoric ester groups is 1. The number of carbonyl (C=O) groups is 2. The van der Waals surface area contributed by atoms with Crippen molar-refractivity contribution in [1.29, 1.82) is 0 Å². The largest absolute Gasteiger partial charge is 0.472 e. The Hall–Kier alpha value is -4.11. The summed E-state index contributed by atoms with van der Waals surface area (Å²) in [5.74, 6) is -0.953. The molecule has 0 saturated carbocycles. The average molecular weight is 892 g/mol. The second kappa shape index (κ2) is 47.4. The number of ether oxygens (including phenoxy) is 2. The molecule has 0 amide bonds. The molecule has 3 N–H and O–H groups in total. The Morgan fingerprint density at radius 2 is 0.841 bits per heavy atom. The fraction of sp³-hybridized carbons (Fsp3) is 0.509. The van der Waals surface area contributed by atoms with Gasteiger partial charge in [0, 0.05) is 19.4 Å². The van der Waals surface area contributed by atoms with E-state index in [-0.39, 0.29) is 32.6 Å². The first kappa shape index (κ1) is 58.9. The molecule has 352 valence electrons. The van der Waals surface area contributed by atoms with E-state index in [1.165, 1.54) is 0 Å². The highest BCUT2D eigenvalue weighted by Crippen LogP contribution is 2.43. The molecule has 0 spiro atoms. The van der Waals surface area contributed by atoms with Gasteiger partial charge < -0.3 is 20.1 Å². The predicted octanol–water partition coefficient (Wildman–Crippen LogP) is 14.0. The minimum atomic E-state index is -4.42. The summed E-state index contributed by atoms with van der Waals surface area (Å²) in [5, 5.41) is 0. The molecule has 10 heteroatoms. The monoisotopic (exact) mass is 892 g/mol. The van der Waals surface area contributed by atoms with Crippen LogP contribution in [0.1, 0.15) is 142 Å². The third-order valence-corrected chi connectivity index (χ3v) is 9.70. The lowest BCUT2D eigenvalue weighted by atomic mass is 10.1. The van der Waals surface area contributed by atoms with Gasteiger partial charge in [0.05, 0.1) is 13.2 Å². The number of nitrogens with two attached hydrogens (primary N) is 1. The van der Waals surface area contributed by atoms with Crippen molar-refractivity contribution >= 4 is 19.8 Å². The van der Waals surface area contributed by atoms with Crippen LogP contribution >= 0.6 is 7.82 Å². The summed E-state index contributed by atoms with van der Waals surface area (Å²) < 4.78 is 32.7. The van der Waals surface area contributed by atoms with E-state index in [4.69, 9.17) is 24.3 Å². The van der Waals surface area contributed by atoms with Gasteiger partial charge in [-0.1, -0.05) is 166 Å². The van der Waals surface area contributed by atoms with Gasteiger partial charge in [-0.2, -0.15) is 0 Å². The minimum absolute atomic E-state index is 0.0299. The first-order chi connectivity index (χ1) is 30.8. The maximum atomic E-state index is 12.6. The van der Waals surface area contributed by atoms with Gasteiger partial charge in [-0.15, -0.1) is 0 Å². The van der Waals surface area contributed by atoms with Gasteiger partial charge in [-0.25, -0.2) is 4.57 Å². The normalized spacial score (nSPS) is 14.5. The van der Waals surface area contributed by atoms with Gasteiger partial charge in [-0.3, -0.25) is 18.6 Å². The second-order valence-electron chi connectivity index (χ2n) is 14.5. The third kappa shape index (κ3) is 47.2. The summed E-state index contributed by atoms with van der Waals surface area (Å²) in [7, 11) is -4.42. The van der Waals surface area contributed by atoms with Crippen molar-refractivity contribution in [2.24, 2.45) is 5.73 Å². The van der Waals surface area contributed by atoms with Gasteiger partial charge in [0.25, 0.3) is 0 Å². The number of esters is 2. The molecule has 0 fully saturated rings. The molecule has 0 radical (unpaired) electrons. The fourth-order valence-corrected chi connectivity index (χ4v) is 6.12. The first-order valence-corrected chi connectivity index (χ1v) is 24.8. The highest BCUT2D eigenvalue weighted by atomic mass is 31.2. The number of carbonyl (C=O) groups excluding carboxylic acids is 2. The summed E-state index contributed by atoms with van der Waals surface area (Å²) >= 11 is 0. The van der Waals surface area contributed by atoms with E-state index >= 15 is 0 Å². The highest BCUT2D eigenvalue weighted by Gasteiger charge is 2.25. The summed E-state index contributed by atoms with van der Waals surface area (Å²) in [6, 6.07) is 0. The van der Waals surface area contributed by atoms with Gasteiger partial charge >= 0.3 is 19.8 Å². The van der Waals surface area contributed by atoms with Crippen molar-refractivity contribution in [3.63, 3.8) is 0 Å². The van der Waals surface area contributed by atoms with Gasteiger partial charge in [0.2, 0.25) is 0 Å². The Morgan fingerprint density at radius 3 is 1.24 bits per heavy atom. The van der Waals surface area contributed by atoms with E-state index in [1.807, 2.05) is 6.08 Å². The van der Waals surface area contributed by atoms with E-state index in [0.29, 0.717) is 19.3 Å². The van der Waals surface area contributed by atoms with Crippen LogP contribution in [0.3, 0.4) is 0 Å². The molecule has 0 aliphatic heterocycles. The van der Waals surface area contributed by atoms with E-state index in [1.54, 1.807) is 0 Å². The molecule has 0 aliphatic carbocycles. The Balaban J connectivity index is 4.33. The summed E-state index contributed by atoms with van der Waals surface area (Å²) in [4.78, 5) is 34.9. The number of hydrogen-bond donors (Lipinski definition) is 2. The van der Waals surface area contributed by atoms with Crippen LogP contribution in [0.25, 0.3) is 0 Å². The molecule has 2 unspecified atom stereocenters. The molecule has 63 heavy (non-hydrogen) atoms. The Bertz CT molecular complexity index is 1530. The van der Waals surface area contributed by atoms with Crippen molar-refractivity contribution in [3.8, 4) is 0 Å². The Morgan fingerprint density at radius 1 is 0.476 bits per heavy atom. The van der Waals surface area contributed by atoms with E-state index in [0.717, 1.165) is 96.3 Å². The second-order valence-corrected chi connectivity index (χ2v) is 16.0.